The third-order valence-corrected chi connectivity index (χ3v) is 3.49. The van der Waals surface area contributed by atoms with Gasteiger partial charge in [-0.1, -0.05) is 0 Å². The maximum absolute atomic E-state index is 5.69. The summed E-state index contributed by atoms with van der Waals surface area (Å²) in [5, 5.41) is 12.5. The molecule has 108 valence electrons. The van der Waals surface area contributed by atoms with E-state index in [1.807, 2.05) is 10.7 Å². The molecule has 2 aromatic rings. The van der Waals surface area contributed by atoms with E-state index in [1.165, 1.54) is 0 Å². The predicted molar refractivity (Wildman–Crippen MR) is 78.1 cm³/mol. The first-order valence-corrected chi connectivity index (χ1v) is 6.94. The summed E-state index contributed by atoms with van der Waals surface area (Å²) in [6.07, 6.45) is 1.75. The summed E-state index contributed by atoms with van der Waals surface area (Å²) < 4.78 is 7.76. The topological polar surface area (TPSA) is 90.9 Å². The minimum atomic E-state index is -0.312. The van der Waals surface area contributed by atoms with Crippen LogP contribution in [-0.2, 0) is 0 Å². The molecule has 0 fully saturated rings. The van der Waals surface area contributed by atoms with Crippen LogP contribution in [0, 0.1) is 0 Å². The van der Waals surface area contributed by atoms with E-state index < -0.39 is 0 Å². The molecule has 2 heterocycles. The highest BCUT2D eigenvalue weighted by Gasteiger charge is 2.23. The summed E-state index contributed by atoms with van der Waals surface area (Å²) in [7, 11) is 1.55. The summed E-state index contributed by atoms with van der Waals surface area (Å²) in [5.41, 5.74) is 4.36. The zero-order valence-corrected chi connectivity index (χ0v) is 13.1. The first kappa shape index (κ1) is 14.9. The lowest BCUT2D eigenvalue weighted by Gasteiger charge is -2.19. The molecule has 0 aromatic carbocycles. The van der Waals surface area contributed by atoms with Gasteiger partial charge >= 0.3 is 0 Å². The molecule has 1 atom stereocenters. The van der Waals surface area contributed by atoms with Gasteiger partial charge in [-0.2, -0.15) is 5.10 Å². The number of ether oxygens (including phenoxy) is 1. The van der Waals surface area contributed by atoms with Crippen molar-refractivity contribution in [1.82, 2.24) is 25.4 Å². The molecule has 0 bridgehead atoms. The average Bonchev–Trinajstić information content (AvgIpc) is 2.83. The molecule has 0 radical (unpaired) electrons. The molecule has 1 unspecified atom stereocenters. The van der Waals surface area contributed by atoms with Crippen LogP contribution in [0.3, 0.4) is 0 Å². The summed E-state index contributed by atoms with van der Waals surface area (Å²) in [5.74, 6) is 6.15. The van der Waals surface area contributed by atoms with Crippen LogP contribution in [0.5, 0.6) is 5.88 Å². The van der Waals surface area contributed by atoms with Crippen LogP contribution in [0.1, 0.15) is 37.3 Å². The first-order valence-electron chi connectivity index (χ1n) is 6.15. The fraction of sp³-hybridized carbons (Fsp3) is 0.417. The first-order chi connectivity index (χ1) is 9.58. The van der Waals surface area contributed by atoms with Crippen molar-refractivity contribution >= 4 is 15.9 Å². The van der Waals surface area contributed by atoms with Crippen molar-refractivity contribution in [2.24, 2.45) is 5.84 Å². The molecule has 0 spiro atoms. The van der Waals surface area contributed by atoms with Gasteiger partial charge in [0, 0.05) is 12.1 Å². The zero-order chi connectivity index (χ0) is 14.7. The van der Waals surface area contributed by atoms with E-state index >= 15 is 0 Å². The molecule has 8 heteroatoms. The minimum Gasteiger partial charge on any atom is -0.480 e. The highest BCUT2D eigenvalue weighted by Crippen LogP contribution is 2.29. The van der Waals surface area contributed by atoms with E-state index in [9.17, 15) is 0 Å². The van der Waals surface area contributed by atoms with Crippen molar-refractivity contribution < 1.29 is 4.74 Å². The van der Waals surface area contributed by atoms with Crippen molar-refractivity contribution in [2.45, 2.75) is 25.9 Å². The average molecular weight is 341 g/mol. The van der Waals surface area contributed by atoms with Crippen molar-refractivity contribution in [3.63, 3.8) is 0 Å². The number of nitrogens with one attached hydrogen (secondary N) is 1. The van der Waals surface area contributed by atoms with E-state index in [2.05, 4.69) is 50.5 Å². The summed E-state index contributed by atoms with van der Waals surface area (Å²) in [6.45, 7) is 4.10. The predicted octanol–water partition coefficient (Wildman–Crippen LogP) is 1.58. The number of nitrogens with zero attached hydrogens (tertiary/aromatic N) is 4. The van der Waals surface area contributed by atoms with Gasteiger partial charge in [-0.15, -0.1) is 10.2 Å². The second-order valence-electron chi connectivity index (χ2n) is 4.52. The van der Waals surface area contributed by atoms with Gasteiger partial charge in [-0.25, -0.2) is 5.43 Å². The normalized spacial score (nSPS) is 12.7. The third-order valence-electron chi connectivity index (χ3n) is 2.88. The van der Waals surface area contributed by atoms with Crippen LogP contribution in [0.25, 0.3) is 0 Å². The molecule has 20 heavy (non-hydrogen) atoms. The fourth-order valence-corrected chi connectivity index (χ4v) is 2.43. The molecular weight excluding hydrogens is 324 g/mol. The molecule has 0 aliphatic carbocycles. The molecule has 2 rings (SSSR count). The number of hydrazine groups is 1. The molecule has 0 amide bonds. The van der Waals surface area contributed by atoms with E-state index in [-0.39, 0.29) is 12.1 Å². The second-order valence-corrected chi connectivity index (χ2v) is 5.37. The largest absolute Gasteiger partial charge is 0.480 e. The lowest BCUT2D eigenvalue weighted by atomic mass is 10.1. The van der Waals surface area contributed by atoms with Crippen molar-refractivity contribution in [3.8, 4) is 5.88 Å². The van der Waals surface area contributed by atoms with Gasteiger partial charge in [0.05, 0.1) is 29.2 Å². The lowest BCUT2D eigenvalue weighted by Crippen LogP contribution is -2.32. The molecule has 2 aromatic heterocycles. The van der Waals surface area contributed by atoms with Crippen LogP contribution in [0.2, 0.25) is 0 Å². The Morgan fingerprint density at radius 2 is 2.10 bits per heavy atom. The molecule has 3 N–H and O–H groups in total. The van der Waals surface area contributed by atoms with Gasteiger partial charge in [0.25, 0.3) is 0 Å². The summed E-state index contributed by atoms with van der Waals surface area (Å²) in [4.78, 5) is 0. The van der Waals surface area contributed by atoms with Crippen LogP contribution in [-0.4, -0.2) is 27.1 Å². The zero-order valence-electron chi connectivity index (χ0n) is 11.5. The van der Waals surface area contributed by atoms with E-state index in [1.54, 1.807) is 19.4 Å². The van der Waals surface area contributed by atoms with Gasteiger partial charge in [-0.3, -0.25) is 10.5 Å². The van der Waals surface area contributed by atoms with E-state index in [4.69, 9.17) is 10.6 Å². The van der Waals surface area contributed by atoms with E-state index in [0.29, 0.717) is 11.6 Å². The molecule has 0 aliphatic heterocycles. The Morgan fingerprint density at radius 1 is 1.35 bits per heavy atom. The Kier molecular flexibility index (Phi) is 4.69. The molecule has 0 saturated heterocycles. The monoisotopic (exact) mass is 340 g/mol. The van der Waals surface area contributed by atoms with Crippen molar-refractivity contribution in [3.05, 3.63) is 34.2 Å². The number of nitrogens with two attached hydrogens (primary N) is 1. The highest BCUT2D eigenvalue weighted by atomic mass is 79.9. The molecule has 7 nitrogen and oxygen atoms in total. The fourth-order valence-electron chi connectivity index (χ4n) is 1.93. The molecular formula is C12H17BrN6O. The van der Waals surface area contributed by atoms with Gasteiger partial charge in [-0.05, 0) is 35.8 Å². The molecule has 0 saturated carbocycles. The van der Waals surface area contributed by atoms with Crippen molar-refractivity contribution in [1.29, 1.82) is 0 Å². The number of methoxy groups -OCH3 is 1. The Morgan fingerprint density at radius 3 is 2.60 bits per heavy atom. The SMILES string of the molecule is COc1ccc(C(NN)c2c(Br)cnn2C(C)C)nn1. The van der Waals surface area contributed by atoms with Crippen LogP contribution < -0.4 is 16.0 Å². The van der Waals surface area contributed by atoms with Crippen LogP contribution in [0.15, 0.2) is 22.8 Å². The molecule has 0 aliphatic rings. The lowest BCUT2D eigenvalue weighted by molar-refractivity contribution is 0.389. The van der Waals surface area contributed by atoms with Crippen LogP contribution >= 0.6 is 15.9 Å². The second kappa shape index (κ2) is 6.29. The maximum Gasteiger partial charge on any atom is 0.233 e. The number of hydrogen-bond acceptors (Lipinski definition) is 6. The smallest absolute Gasteiger partial charge is 0.233 e. The minimum absolute atomic E-state index is 0.207. The highest BCUT2D eigenvalue weighted by molar-refractivity contribution is 9.10. The van der Waals surface area contributed by atoms with Gasteiger partial charge in [0.1, 0.15) is 6.04 Å². The van der Waals surface area contributed by atoms with Crippen molar-refractivity contribution in [2.75, 3.05) is 7.11 Å². The van der Waals surface area contributed by atoms with Gasteiger partial charge in [0.2, 0.25) is 5.88 Å². The van der Waals surface area contributed by atoms with Gasteiger partial charge in [0.15, 0.2) is 0 Å². The Balaban J connectivity index is 2.43. The maximum atomic E-state index is 5.69. The quantitative estimate of drug-likeness (QED) is 0.634. The van der Waals surface area contributed by atoms with Gasteiger partial charge < -0.3 is 4.74 Å². The summed E-state index contributed by atoms with van der Waals surface area (Å²) >= 11 is 3.50. The van der Waals surface area contributed by atoms with E-state index in [0.717, 1.165) is 10.2 Å². The van der Waals surface area contributed by atoms with Crippen LogP contribution in [0.4, 0.5) is 0 Å². The number of halogens is 1. The Hall–Kier alpha value is -1.51. The number of rotatable bonds is 5. The Bertz CT molecular complexity index is 568. The standard InChI is InChI=1S/C12H17BrN6O/c1-7(2)19-12(8(13)6-15-19)11(16-14)9-4-5-10(20-3)18-17-9/h4-7,11,16H,14H2,1-3H3. The third kappa shape index (κ3) is 2.82. The Labute approximate surface area is 125 Å². The summed E-state index contributed by atoms with van der Waals surface area (Å²) in [6, 6.07) is 3.46. The number of hydrogen-bond donors (Lipinski definition) is 2. The number of aromatic nitrogens is 4.